The maximum absolute atomic E-state index is 13.3. The standard InChI is InChI=1S/C20H25FN4O2/c1-13-17(20(27)24-14(2)23-13)11-19(26)22-12-18(25-9-3-4-10-25)15-5-7-16(21)8-6-15/h5-8,18H,3-4,9-12H2,1-2H3,(H,22,26)(H,23,24,27). The molecule has 144 valence electrons. The molecule has 2 heterocycles. The number of nitrogens with zero attached hydrogens (tertiary/aromatic N) is 2. The number of halogens is 1. The van der Waals surface area contributed by atoms with E-state index in [0.717, 1.165) is 31.5 Å². The molecule has 7 heteroatoms. The molecule has 27 heavy (non-hydrogen) atoms. The number of H-pyrrole nitrogens is 1. The van der Waals surface area contributed by atoms with Crippen LogP contribution in [0.2, 0.25) is 0 Å². The highest BCUT2D eigenvalue weighted by Crippen LogP contribution is 2.24. The number of benzene rings is 1. The summed E-state index contributed by atoms with van der Waals surface area (Å²) in [7, 11) is 0. The summed E-state index contributed by atoms with van der Waals surface area (Å²) < 4.78 is 13.3. The van der Waals surface area contributed by atoms with Gasteiger partial charge in [0.2, 0.25) is 5.91 Å². The SMILES string of the molecule is Cc1nc(C)c(CC(=O)NCC(c2ccc(F)cc2)N2CCCC2)c(=O)[nH]1. The number of hydrogen-bond acceptors (Lipinski definition) is 4. The van der Waals surface area contributed by atoms with Crippen LogP contribution in [0.3, 0.4) is 0 Å². The Bertz CT molecular complexity index is 857. The second-order valence-corrected chi connectivity index (χ2v) is 7.01. The maximum atomic E-state index is 13.3. The molecule has 1 aromatic carbocycles. The van der Waals surface area contributed by atoms with Crippen LogP contribution in [0.5, 0.6) is 0 Å². The number of aromatic amines is 1. The minimum Gasteiger partial charge on any atom is -0.354 e. The third-order valence-electron chi connectivity index (χ3n) is 5.01. The Hall–Kier alpha value is -2.54. The summed E-state index contributed by atoms with van der Waals surface area (Å²) in [5.74, 6) is 0.0390. The third kappa shape index (κ3) is 4.80. The summed E-state index contributed by atoms with van der Waals surface area (Å²) in [6.45, 7) is 5.77. The topological polar surface area (TPSA) is 78.1 Å². The van der Waals surface area contributed by atoms with E-state index < -0.39 is 0 Å². The van der Waals surface area contributed by atoms with Gasteiger partial charge < -0.3 is 10.3 Å². The molecule has 0 aliphatic carbocycles. The first kappa shape index (κ1) is 19.2. The van der Waals surface area contributed by atoms with Crippen molar-refractivity contribution < 1.29 is 9.18 Å². The van der Waals surface area contributed by atoms with Crippen LogP contribution in [-0.2, 0) is 11.2 Å². The Labute approximate surface area is 157 Å². The molecule has 1 fully saturated rings. The van der Waals surface area contributed by atoms with E-state index in [-0.39, 0.29) is 29.7 Å². The lowest BCUT2D eigenvalue weighted by Crippen LogP contribution is -2.38. The zero-order valence-electron chi connectivity index (χ0n) is 15.7. The van der Waals surface area contributed by atoms with E-state index in [0.29, 0.717) is 23.6 Å². The predicted octanol–water partition coefficient (Wildman–Crippen LogP) is 2.02. The van der Waals surface area contributed by atoms with Crippen molar-refractivity contribution in [2.75, 3.05) is 19.6 Å². The molecule has 6 nitrogen and oxygen atoms in total. The second kappa shape index (κ2) is 8.43. The highest BCUT2D eigenvalue weighted by Gasteiger charge is 2.24. The first-order chi connectivity index (χ1) is 12.9. The molecule has 2 aromatic rings. The normalized spacial score (nSPS) is 15.7. The number of hydrogen-bond donors (Lipinski definition) is 2. The van der Waals surface area contributed by atoms with Gasteiger partial charge in [-0.25, -0.2) is 9.37 Å². The molecule has 1 unspecified atom stereocenters. The van der Waals surface area contributed by atoms with Gasteiger partial charge in [-0.05, 0) is 57.5 Å². The van der Waals surface area contributed by atoms with E-state index in [1.54, 1.807) is 26.0 Å². The monoisotopic (exact) mass is 372 g/mol. The van der Waals surface area contributed by atoms with Crippen molar-refractivity contribution in [2.45, 2.75) is 39.2 Å². The zero-order valence-corrected chi connectivity index (χ0v) is 15.7. The number of likely N-dealkylation sites (tertiary alicyclic amines) is 1. The largest absolute Gasteiger partial charge is 0.354 e. The molecule has 1 atom stereocenters. The Morgan fingerprint density at radius 2 is 1.93 bits per heavy atom. The fourth-order valence-electron chi connectivity index (χ4n) is 3.59. The number of amides is 1. The lowest BCUT2D eigenvalue weighted by atomic mass is 10.0. The van der Waals surface area contributed by atoms with E-state index in [4.69, 9.17) is 0 Å². The lowest BCUT2D eigenvalue weighted by molar-refractivity contribution is -0.120. The van der Waals surface area contributed by atoms with Gasteiger partial charge in [0, 0.05) is 17.8 Å². The van der Waals surface area contributed by atoms with Gasteiger partial charge in [0.25, 0.3) is 5.56 Å². The van der Waals surface area contributed by atoms with Crippen molar-refractivity contribution in [1.29, 1.82) is 0 Å². The fourth-order valence-corrected chi connectivity index (χ4v) is 3.59. The predicted molar refractivity (Wildman–Crippen MR) is 101 cm³/mol. The average molecular weight is 372 g/mol. The third-order valence-corrected chi connectivity index (χ3v) is 5.01. The zero-order chi connectivity index (χ0) is 19.4. The van der Waals surface area contributed by atoms with Crippen molar-refractivity contribution in [1.82, 2.24) is 20.2 Å². The van der Waals surface area contributed by atoms with Gasteiger partial charge in [0.15, 0.2) is 0 Å². The number of aromatic nitrogens is 2. The van der Waals surface area contributed by atoms with Gasteiger partial charge in [-0.2, -0.15) is 0 Å². The van der Waals surface area contributed by atoms with Crippen LogP contribution < -0.4 is 10.9 Å². The summed E-state index contributed by atoms with van der Waals surface area (Å²) >= 11 is 0. The fraction of sp³-hybridized carbons (Fsp3) is 0.450. The molecule has 1 amide bonds. The second-order valence-electron chi connectivity index (χ2n) is 7.01. The van der Waals surface area contributed by atoms with Gasteiger partial charge in [-0.3, -0.25) is 14.5 Å². The van der Waals surface area contributed by atoms with E-state index in [1.165, 1.54) is 12.1 Å². The smallest absolute Gasteiger partial charge is 0.254 e. The average Bonchev–Trinajstić information content (AvgIpc) is 3.14. The molecular formula is C20H25FN4O2. The number of nitrogens with one attached hydrogen (secondary N) is 2. The maximum Gasteiger partial charge on any atom is 0.254 e. The molecule has 1 aliphatic rings. The van der Waals surface area contributed by atoms with Crippen LogP contribution in [0, 0.1) is 19.7 Å². The Balaban J connectivity index is 1.69. The number of carbonyl (C=O) groups excluding carboxylic acids is 1. The van der Waals surface area contributed by atoms with Gasteiger partial charge >= 0.3 is 0 Å². The van der Waals surface area contributed by atoms with Crippen LogP contribution >= 0.6 is 0 Å². The van der Waals surface area contributed by atoms with Crippen molar-refractivity contribution in [3.8, 4) is 0 Å². The Kier molecular flexibility index (Phi) is 6.01. The van der Waals surface area contributed by atoms with Crippen LogP contribution in [0.4, 0.5) is 4.39 Å². The van der Waals surface area contributed by atoms with Crippen LogP contribution in [-0.4, -0.2) is 40.4 Å². The van der Waals surface area contributed by atoms with Gasteiger partial charge in [-0.15, -0.1) is 0 Å². The van der Waals surface area contributed by atoms with Gasteiger partial charge in [-0.1, -0.05) is 12.1 Å². The molecule has 1 aliphatic heterocycles. The number of rotatable bonds is 6. The van der Waals surface area contributed by atoms with Gasteiger partial charge in [0.05, 0.1) is 12.5 Å². The first-order valence-corrected chi connectivity index (χ1v) is 9.26. The van der Waals surface area contributed by atoms with Crippen molar-refractivity contribution in [2.24, 2.45) is 0 Å². The van der Waals surface area contributed by atoms with Crippen molar-refractivity contribution in [3.05, 3.63) is 63.1 Å². The highest BCUT2D eigenvalue weighted by molar-refractivity contribution is 5.78. The first-order valence-electron chi connectivity index (χ1n) is 9.26. The molecular weight excluding hydrogens is 347 g/mol. The molecule has 0 spiro atoms. The minimum absolute atomic E-state index is 0.00688. The molecule has 3 rings (SSSR count). The van der Waals surface area contributed by atoms with E-state index >= 15 is 0 Å². The summed E-state index contributed by atoms with van der Waals surface area (Å²) in [5.41, 5.74) is 1.66. The molecule has 2 N–H and O–H groups in total. The highest BCUT2D eigenvalue weighted by atomic mass is 19.1. The van der Waals surface area contributed by atoms with Crippen LogP contribution in [0.25, 0.3) is 0 Å². The number of aryl methyl sites for hydroxylation is 2. The van der Waals surface area contributed by atoms with E-state index in [1.807, 2.05) is 0 Å². The van der Waals surface area contributed by atoms with Crippen molar-refractivity contribution >= 4 is 5.91 Å². The van der Waals surface area contributed by atoms with E-state index in [9.17, 15) is 14.0 Å². The quantitative estimate of drug-likeness (QED) is 0.813. The van der Waals surface area contributed by atoms with Gasteiger partial charge in [0.1, 0.15) is 11.6 Å². The molecule has 0 bridgehead atoms. The Morgan fingerprint density at radius 3 is 2.56 bits per heavy atom. The Morgan fingerprint density at radius 1 is 1.26 bits per heavy atom. The summed E-state index contributed by atoms with van der Waals surface area (Å²) in [4.78, 5) is 33.7. The van der Waals surface area contributed by atoms with Crippen molar-refractivity contribution in [3.63, 3.8) is 0 Å². The molecule has 1 saturated heterocycles. The summed E-state index contributed by atoms with van der Waals surface area (Å²) in [6.07, 6.45) is 2.23. The van der Waals surface area contributed by atoms with E-state index in [2.05, 4.69) is 20.2 Å². The summed E-state index contributed by atoms with van der Waals surface area (Å²) in [6, 6.07) is 6.42. The summed E-state index contributed by atoms with van der Waals surface area (Å²) in [5, 5.41) is 2.94. The minimum atomic E-state index is -0.274. The van der Waals surface area contributed by atoms with Crippen LogP contribution in [0.15, 0.2) is 29.1 Å². The number of carbonyl (C=O) groups is 1. The molecule has 0 radical (unpaired) electrons. The molecule has 0 saturated carbocycles. The lowest BCUT2D eigenvalue weighted by Gasteiger charge is -2.28. The molecule has 1 aromatic heterocycles. The van der Waals surface area contributed by atoms with Crippen LogP contribution in [0.1, 0.15) is 41.5 Å².